The molecule has 0 fully saturated rings. The maximum Gasteiger partial charge on any atom is 0.411 e. The van der Waals surface area contributed by atoms with Gasteiger partial charge in [-0.1, -0.05) is 37.3 Å². The van der Waals surface area contributed by atoms with E-state index in [-0.39, 0.29) is 6.61 Å². The average Bonchev–Trinajstić information content (AvgIpc) is 2.42. The molecule has 1 aromatic rings. The van der Waals surface area contributed by atoms with Crippen molar-refractivity contribution in [1.29, 1.82) is 5.26 Å². The molecule has 1 aromatic carbocycles. The molecule has 0 heterocycles. The largest absolute Gasteiger partial charge is 0.411 e. The molecule has 6 heteroatoms. The van der Waals surface area contributed by atoms with Crippen LogP contribution in [0.2, 0.25) is 0 Å². The van der Waals surface area contributed by atoms with Gasteiger partial charge in [0.15, 0.2) is 5.54 Å². The Balaban J connectivity index is 2.87. The maximum atomic E-state index is 12.2. The molecule has 0 spiro atoms. The minimum atomic E-state index is -4.40. The number of nitrogens with one attached hydrogen (secondary N) is 1. The predicted molar refractivity (Wildman–Crippen MR) is 68.9 cm³/mol. The summed E-state index contributed by atoms with van der Waals surface area (Å²) in [6.07, 6.45) is -3.64. The molecule has 3 nitrogen and oxygen atoms in total. The monoisotopic (exact) mass is 286 g/mol. The maximum absolute atomic E-state index is 12.2. The van der Waals surface area contributed by atoms with Gasteiger partial charge in [-0.25, -0.2) is 0 Å². The molecule has 1 rings (SSSR count). The van der Waals surface area contributed by atoms with Gasteiger partial charge in [-0.2, -0.15) is 18.4 Å². The topological polar surface area (TPSA) is 45.0 Å². The van der Waals surface area contributed by atoms with E-state index < -0.39 is 18.3 Å². The normalized spacial score (nSPS) is 14.6. The van der Waals surface area contributed by atoms with E-state index >= 15 is 0 Å². The number of halogens is 3. The van der Waals surface area contributed by atoms with E-state index in [9.17, 15) is 18.4 Å². The first-order valence-corrected chi connectivity index (χ1v) is 6.30. The third-order valence-corrected chi connectivity index (χ3v) is 2.72. The summed E-state index contributed by atoms with van der Waals surface area (Å²) in [5, 5.41) is 12.4. The van der Waals surface area contributed by atoms with E-state index in [0.717, 1.165) is 6.42 Å². The summed E-state index contributed by atoms with van der Waals surface area (Å²) in [5.74, 6) is 0. The Bertz CT molecular complexity index is 442. The van der Waals surface area contributed by atoms with Crippen molar-refractivity contribution >= 4 is 0 Å². The smallest absolute Gasteiger partial charge is 0.369 e. The summed E-state index contributed by atoms with van der Waals surface area (Å²) in [6.45, 7) is 0.707. The zero-order chi connectivity index (χ0) is 15.1. The van der Waals surface area contributed by atoms with E-state index in [1.54, 1.807) is 30.3 Å². The lowest BCUT2D eigenvalue weighted by Crippen LogP contribution is -2.46. The molecule has 20 heavy (non-hydrogen) atoms. The second-order valence-corrected chi connectivity index (χ2v) is 4.42. The highest BCUT2D eigenvalue weighted by molar-refractivity contribution is 5.31. The fraction of sp³-hybridized carbons (Fsp3) is 0.500. The molecule has 0 saturated heterocycles. The highest BCUT2D eigenvalue weighted by atomic mass is 19.4. The number of rotatable bonds is 7. The van der Waals surface area contributed by atoms with Crippen molar-refractivity contribution in [3.63, 3.8) is 0 Å². The second kappa shape index (κ2) is 7.27. The predicted octanol–water partition coefficient (Wildman–Crippen LogP) is 2.98. The summed E-state index contributed by atoms with van der Waals surface area (Å²) >= 11 is 0. The van der Waals surface area contributed by atoms with Crippen molar-refractivity contribution in [1.82, 2.24) is 5.32 Å². The summed E-state index contributed by atoms with van der Waals surface area (Å²) in [5.41, 5.74) is -0.666. The summed E-state index contributed by atoms with van der Waals surface area (Å²) in [4.78, 5) is 0. The highest BCUT2D eigenvalue weighted by Crippen LogP contribution is 2.23. The van der Waals surface area contributed by atoms with Crippen LogP contribution in [0.1, 0.15) is 18.9 Å². The van der Waals surface area contributed by atoms with Crippen LogP contribution in [-0.2, 0) is 10.3 Å². The van der Waals surface area contributed by atoms with Gasteiger partial charge in [-0.05, 0) is 18.5 Å². The van der Waals surface area contributed by atoms with E-state index in [1.165, 1.54) is 0 Å². The molecular weight excluding hydrogens is 269 g/mol. The Morgan fingerprint density at radius 2 is 1.85 bits per heavy atom. The molecule has 0 amide bonds. The minimum Gasteiger partial charge on any atom is -0.369 e. The molecule has 0 bridgehead atoms. The summed E-state index contributed by atoms with van der Waals surface area (Å²) in [7, 11) is 0. The fourth-order valence-corrected chi connectivity index (χ4v) is 1.75. The second-order valence-electron chi connectivity index (χ2n) is 4.42. The molecule has 0 saturated carbocycles. The Hall–Kier alpha value is -1.58. The highest BCUT2D eigenvalue weighted by Gasteiger charge is 2.35. The number of hydrogen-bond acceptors (Lipinski definition) is 3. The number of alkyl halides is 3. The Labute approximate surface area is 116 Å². The molecule has 0 aliphatic carbocycles. The van der Waals surface area contributed by atoms with Crippen LogP contribution in [0.5, 0.6) is 0 Å². The van der Waals surface area contributed by atoms with Gasteiger partial charge < -0.3 is 4.74 Å². The van der Waals surface area contributed by atoms with E-state index in [1.807, 2.05) is 13.0 Å². The Morgan fingerprint density at radius 3 is 2.35 bits per heavy atom. The van der Waals surface area contributed by atoms with E-state index in [2.05, 4.69) is 5.32 Å². The molecule has 1 unspecified atom stereocenters. The minimum absolute atomic E-state index is 0.354. The molecule has 1 N–H and O–H groups in total. The fourth-order valence-electron chi connectivity index (χ4n) is 1.75. The van der Waals surface area contributed by atoms with Gasteiger partial charge in [0.05, 0.1) is 12.7 Å². The van der Waals surface area contributed by atoms with Crippen LogP contribution < -0.4 is 5.32 Å². The van der Waals surface area contributed by atoms with E-state index in [0.29, 0.717) is 12.1 Å². The van der Waals surface area contributed by atoms with Gasteiger partial charge in [0.2, 0.25) is 0 Å². The van der Waals surface area contributed by atoms with Crippen molar-refractivity contribution in [3.8, 4) is 6.07 Å². The number of nitriles is 1. The van der Waals surface area contributed by atoms with Crippen LogP contribution >= 0.6 is 0 Å². The zero-order valence-corrected chi connectivity index (χ0v) is 11.2. The third kappa shape index (κ3) is 4.83. The van der Waals surface area contributed by atoms with Crippen molar-refractivity contribution in [2.45, 2.75) is 25.1 Å². The summed E-state index contributed by atoms with van der Waals surface area (Å²) in [6, 6.07) is 10.7. The third-order valence-electron chi connectivity index (χ3n) is 2.72. The van der Waals surface area contributed by atoms with Crippen LogP contribution in [0.25, 0.3) is 0 Å². The van der Waals surface area contributed by atoms with Crippen LogP contribution in [0.3, 0.4) is 0 Å². The van der Waals surface area contributed by atoms with Crippen molar-refractivity contribution < 1.29 is 17.9 Å². The van der Waals surface area contributed by atoms with Crippen molar-refractivity contribution in [2.75, 3.05) is 19.8 Å². The molecule has 0 aliphatic rings. The van der Waals surface area contributed by atoms with Crippen LogP contribution in [0.15, 0.2) is 30.3 Å². The van der Waals surface area contributed by atoms with Crippen LogP contribution in [-0.4, -0.2) is 25.9 Å². The number of nitrogens with zero attached hydrogens (tertiary/aromatic N) is 1. The molecule has 0 radical (unpaired) electrons. The molecule has 0 aromatic heterocycles. The molecule has 1 atom stereocenters. The van der Waals surface area contributed by atoms with Gasteiger partial charge in [0.25, 0.3) is 0 Å². The van der Waals surface area contributed by atoms with Crippen molar-refractivity contribution in [3.05, 3.63) is 35.9 Å². The molecular formula is C14H17F3N2O. The van der Waals surface area contributed by atoms with Gasteiger partial charge in [0, 0.05) is 0 Å². The van der Waals surface area contributed by atoms with Gasteiger partial charge in [-0.15, -0.1) is 0 Å². The zero-order valence-electron chi connectivity index (χ0n) is 11.2. The number of hydrogen-bond donors (Lipinski definition) is 1. The lowest BCUT2D eigenvalue weighted by atomic mass is 9.92. The lowest BCUT2D eigenvalue weighted by molar-refractivity contribution is -0.177. The van der Waals surface area contributed by atoms with Gasteiger partial charge >= 0.3 is 6.18 Å². The Kier molecular flexibility index (Phi) is 5.99. The van der Waals surface area contributed by atoms with Crippen LogP contribution in [0.4, 0.5) is 13.2 Å². The Morgan fingerprint density at radius 1 is 1.20 bits per heavy atom. The van der Waals surface area contributed by atoms with Crippen LogP contribution in [0, 0.1) is 11.3 Å². The summed E-state index contributed by atoms with van der Waals surface area (Å²) < 4.78 is 41.2. The molecule has 110 valence electrons. The molecule has 0 aliphatic heterocycles. The first-order valence-electron chi connectivity index (χ1n) is 6.30. The SMILES string of the molecule is CCCNC(C#N)(COCC(F)(F)F)c1ccccc1. The number of ether oxygens (including phenoxy) is 1. The standard InChI is InChI=1S/C14H17F3N2O/c1-2-8-19-13(9-18,10-20-11-14(15,16)17)12-6-4-3-5-7-12/h3-7,19H,2,8,10-11H2,1H3. The van der Waals surface area contributed by atoms with E-state index in [4.69, 9.17) is 4.74 Å². The first-order chi connectivity index (χ1) is 9.43. The van der Waals surface area contributed by atoms with Gasteiger partial charge in [-0.3, -0.25) is 5.32 Å². The lowest BCUT2D eigenvalue weighted by Gasteiger charge is -2.28. The van der Waals surface area contributed by atoms with Crippen molar-refractivity contribution in [2.24, 2.45) is 0 Å². The van der Waals surface area contributed by atoms with Gasteiger partial charge in [0.1, 0.15) is 6.61 Å². The first kappa shape index (κ1) is 16.5. The quantitative estimate of drug-likeness (QED) is 0.838. The average molecular weight is 286 g/mol. The number of benzene rings is 1.